The van der Waals surface area contributed by atoms with E-state index in [0.717, 1.165) is 83.5 Å². The number of carbonyl (C=O) groups is 3. The van der Waals surface area contributed by atoms with Crippen LogP contribution in [0.4, 0.5) is 0 Å². The lowest BCUT2D eigenvalue weighted by Gasteiger charge is -2.18. The van der Waals surface area contributed by atoms with Crippen LogP contribution in [0, 0.1) is 0 Å². The summed E-state index contributed by atoms with van der Waals surface area (Å²) in [6.45, 7) is 6.58. The monoisotopic (exact) mass is 829 g/mol. The summed E-state index contributed by atoms with van der Waals surface area (Å²) in [7, 11) is 0. The van der Waals surface area contributed by atoms with Gasteiger partial charge in [0.2, 0.25) is 0 Å². The average molecular weight is 829 g/mol. The minimum atomic E-state index is -0.776. The molecule has 0 aromatic heterocycles. The predicted molar refractivity (Wildman–Crippen MR) is 252 cm³/mol. The number of hydrogen-bond acceptors (Lipinski definition) is 6. The first-order chi connectivity index (χ1) is 29.0. The fourth-order valence-corrected chi connectivity index (χ4v) is 7.22. The maximum Gasteiger partial charge on any atom is 0.306 e. The van der Waals surface area contributed by atoms with Crippen LogP contribution >= 0.6 is 0 Å². The van der Waals surface area contributed by atoms with Crippen LogP contribution in [0.5, 0.6) is 0 Å². The number of esters is 3. The highest BCUT2D eigenvalue weighted by molar-refractivity contribution is 5.71. The van der Waals surface area contributed by atoms with E-state index < -0.39 is 6.10 Å². The fraction of sp³-hybridized carbons (Fsp3) is 0.830. The molecule has 6 heteroatoms. The smallest absolute Gasteiger partial charge is 0.306 e. The van der Waals surface area contributed by atoms with Crippen molar-refractivity contribution in [3.63, 3.8) is 0 Å². The van der Waals surface area contributed by atoms with E-state index in [0.29, 0.717) is 19.3 Å². The van der Waals surface area contributed by atoms with Crippen LogP contribution in [0.15, 0.2) is 36.5 Å². The Kier molecular flexibility index (Phi) is 46.4. The first kappa shape index (κ1) is 56.6. The molecule has 6 nitrogen and oxygen atoms in total. The Bertz CT molecular complexity index is 1000. The molecular weight excluding hydrogens is 733 g/mol. The second-order valence-corrected chi connectivity index (χ2v) is 17.1. The molecule has 0 aliphatic carbocycles. The van der Waals surface area contributed by atoms with Gasteiger partial charge in [0.05, 0.1) is 0 Å². The summed E-state index contributed by atoms with van der Waals surface area (Å²) in [6.07, 6.45) is 55.5. The van der Waals surface area contributed by atoms with Crippen LogP contribution in [0.2, 0.25) is 0 Å². The van der Waals surface area contributed by atoms with Crippen LogP contribution < -0.4 is 0 Å². The summed E-state index contributed by atoms with van der Waals surface area (Å²) in [6, 6.07) is 0. The third kappa shape index (κ3) is 46.5. The van der Waals surface area contributed by atoms with Crippen LogP contribution in [-0.2, 0) is 28.6 Å². The number of ether oxygens (including phenoxy) is 3. The van der Waals surface area contributed by atoms with Crippen molar-refractivity contribution in [2.45, 2.75) is 271 Å². The van der Waals surface area contributed by atoms with Gasteiger partial charge in [-0.1, -0.05) is 211 Å². The largest absolute Gasteiger partial charge is 0.462 e. The molecule has 0 saturated carbocycles. The summed E-state index contributed by atoms with van der Waals surface area (Å²) in [4.78, 5) is 37.9. The zero-order valence-electron chi connectivity index (χ0n) is 39.3. The van der Waals surface area contributed by atoms with Gasteiger partial charge in [-0.2, -0.15) is 0 Å². The molecule has 0 unspecified atom stereocenters. The molecule has 1 atom stereocenters. The summed E-state index contributed by atoms with van der Waals surface area (Å²) in [5.41, 5.74) is 0. The standard InChI is InChI=1S/C53H96O6/c1-4-7-10-13-16-19-22-25-28-31-34-37-40-43-46-52(55)58-49-50(48-57-51(54)45-42-39-36-33-30-27-24-21-18-15-12-9-6-3)59-53(56)47-44-41-38-35-32-29-26-23-20-17-14-11-8-5-2/h13,16,21-22,24-25,50H,4-12,14-15,17-20,23,26-49H2,1-3H3/b16-13-,24-21-,25-22-/t50-/m1/s1. The molecule has 0 aromatic rings. The number of rotatable bonds is 46. The van der Waals surface area contributed by atoms with E-state index in [4.69, 9.17) is 14.2 Å². The number of allylic oxidation sites excluding steroid dienone is 6. The molecule has 344 valence electrons. The van der Waals surface area contributed by atoms with Crippen molar-refractivity contribution >= 4 is 17.9 Å². The fourth-order valence-electron chi connectivity index (χ4n) is 7.22. The van der Waals surface area contributed by atoms with Gasteiger partial charge in [-0.05, 0) is 70.6 Å². The highest BCUT2D eigenvalue weighted by Crippen LogP contribution is 2.15. The summed E-state index contributed by atoms with van der Waals surface area (Å²) in [5, 5.41) is 0. The Morgan fingerprint density at radius 3 is 1.02 bits per heavy atom. The molecule has 0 spiro atoms. The molecule has 0 bridgehead atoms. The van der Waals surface area contributed by atoms with E-state index in [1.54, 1.807) is 0 Å². The molecule has 0 saturated heterocycles. The van der Waals surface area contributed by atoms with Gasteiger partial charge in [-0.15, -0.1) is 0 Å². The molecule has 0 fully saturated rings. The zero-order valence-corrected chi connectivity index (χ0v) is 39.3. The second kappa shape index (κ2) is 48.3. The molecule has 0 heterocycles. The summed E-state index contributed by atoms with van der Waals surface area (Å²) < 4.78 is 16.8. The van der Waals surface area contributed by atoms with Gasteiger partial charge in [-0.3, -0.25) is 14.4 Å². The molecule has 0 aromatic carbocycles. The van der Waals surface area contributed by atoms with Gasteiger partial charge >= 0.3 is 17.9 Å². The lowest BCUT2D eigenvalue weighted by atomic mass is 10.0. The Balaban J connectivity index is 4.39. The Morgan fingerprint density at radius 1 is 0.339 bits per heavy atom. The first-order valence-electron chi connectivity index (χ1n) is 25.5. The maximum absolute atomic E-state index is 12.8. The first-order valence-corrected chi connectivity index (χ1v) is 25.5. The van der Waals surface area contributed by atoms with Crippen molar-refractivity contribution in [3.8, 4) is 0 Å². The minimum Gasteiger partial charge on any atom is -0.462 e. The van der Waals surface area contributed by atoms with E-state index in [9.17, 15) is 14.4 Å². The molecule has 59 heavy (non-hydrogen) atoms. The van der Waals surface area contributed by atoms with Gasteiger partial charge in [-0.25, -0.2) is 0 Å². The van der Waals surface area contributed by atoms with Crippen molar-refractivity contribution in [2.24, 2.45) is 0 Å². The quantitative estimate of drug-likeness (QED) is 0.0263. The van der Waals surface area contributed by atoms with E-state index in [-0.39, 0.29) is 31.1 Å². The molecule has 0 N–H and O–H groups in total. The highest BCUT2D eigenvalue weighted by Gasteiger charge is 2.19. The van der Waals surface area contributed by atoms with Gasteiger partial charge in [0.25, 0.3) is 0 Å². The van der Waals surface area contributed by atoms with Crippen molar-refractivity contribution in [2.75, 3.05) is 13.2 Å². The normalized spacial score (nSPS) is 12.3. The third-order valence-corrected chi connectivity index (χ3v) is 11.1. The average Bonchev–Trinajstić information content (AvgIpc) is 3.23. The van der Waals surface area contributed by atoms with E-state index in [2.05, 4.69) is 57.2 Å². The van der Waals surface area contributed by atoms with Gasteiger partial charge in [0, 0.05) is 19.3 Å². The lowest BCUT2D eigenvalue weighted by molar-refractivity contribution is -0.167. The predicted octanol–water partition coefficient (Wildman–Crippen LogP) is 16.5. The Labute approximate surface area is 365 Å². The second-order valence-electron chi connectivity index (χ2n) is 17.1. The number of carbonyl (C=O) groups excluding carboxylic acids is 3. The van der Waals surface area contributed by atoms with Gasteiger partial charge < -0.3 is 14.2 Å². The molecule has 0 radical (unpaired) electrons. The van der Waals surface area contributed by atoms with E-state index in [1.165, 1.54) is 141 Å². The Hall–Kier alpha value is -2.37. The van der Waals surface area contributed by atoms with Crippen LogP contribution in [0.3, 0.4) is 0 Å². The van der Waals surface area contributed by atoms with Gasteiger partial charge in [0.15, 0.2) is 6.10 Å². The van der Waals surface area contributed by atoms with Gasteiger partial charge in [0.1, 0.15) is 13.2 Å². The van der Waals surface area contributed by atoms with Crippen molar-refractivity contribution in [3.05, 3.63) is 36.5 Å². The minimum absolute atomic E-state index is 0.0784. The lowest BCUT2D eigenvalue weighted by Crippen LogP contribution is -2.30. The molecule has 0 amide bonds. The van der Waals surface area contributed by atoms with E-state index >= 15 is 0 Å². The summed E-state index contributed by atoms with van der Waals surface area (Å²) in [5.74, 6) is -0.891. The SMILES string of the molecule is CCCC/C=C\C/C=C\CCCCCCCC(=O)OC[C@@H](COC(=O)CCCCCCC/C=C\CCCCCC)OC(=O)CCCCCCCCCCCCCCCC. The van der Waals surface area contributed by atoms with E-state index in [1.807, 2.05) is 0 Å². The molecule has 0 aliphatic rings. The summed E-state index contributed by atoms with van der Waals surface area (Å²) >= 11 is 0. The van der Waals surface area contributed by atoms with Crippen molar-refractivity contribution in [1.82, 2.24) is 0 Å². The highest BCUT2D eigenvalue weighted by atomic mass is 16.6. The molecular formula is C53H96O6. The van der Waals surface area contributed by atoms with Crippen LogP contribution in [0.1, 0.15) is 265 Å². The molecule has 0 aliphatic heterocycles. The van der Waals surface area contributed by atoms with Crippen LogP contribution in [0.25, 0.3) is 0 Å². The number of unbranched alkanes of at least 4 members (excludes halogenated alkanes) is 29. The topological polar surface area (TPSA) is 78.9 Å². The maximum atomic E-state index is 12.8. The van der Waals surface area contributed by atoms with Crippen molar-refractivity contribution < 1.29 is 28.6 Å². The third-order valence-electron chi connectivity index (χ3n) is 11.1. The number of hydrogen-bond donors (Lipinski definition) is 0. The van der Waals surface area contributed by atoms with Crippen molar-refractivity contribution in [1.29, 1.82) is 0 Å². The molecule has 0 rings (SSSR count). The zero-order chi connectivity index (χ0) is 43.0. The Morgan fingerprint density at radius 2 is 0.627 bits per heavy atom. The van der Waals surface area contributed by atoms with Crippen LogP contribution in [-0.4, -0.2) is 37.2 Å².